The standard InChI is InChI=1S/C13H15NO4/c1-8-4-5-9(7-11(8)15)12(16)14-6-2-3-10(14)13(17)18/h4-5,7,10,15H,2-3,6H2,1H3,(H,17,18)/t10-/m1/s1. The van der Waals surface area contributed by atoms with E-state index in [0.717, 1.165) is 0 Å². The van der Waals surface area contributed by atoms with E-state index in [0.29, 0.717) is 30.5 Å². The largest absolute Gasteiger partial charge is 0.508 e. The smallest absolute Gasteiger partial charge is 0.326 e. The highest BCUT2D eigenvalue weighted by Crippen LogP contribution is 2.23. The summed E-state index contributed by atoms with van der Waals surface area (Å²) in [5.74, 6) is -1.26. The molecule has 1 fully saturated rings. The number of aromatic hydroxyl groups is 1. The molecule has 0 spiro atoms. The number of phenolic OH excluding ortho intramolecular Hbond substituents is 1. The molecule has 1 aliphatic heterocycles. The van der Waals surface area contributed by atoms with Gasteiger partial charge in [-0.1, -0.05) is 6.07 Å². The Morgan fingerprint density at radius 2 is 2.11 bits per heavy atom. The van der Waals surface area contributed by atoms with E-state index in [2.05, 4.69) is 0 Å². The van der Waals surface area contributed by atoms with Gasteiger partial charge < -0.3 is 15.1 Å². The fourth-order valence-corrected chi connectivity index (χ4v) is 2.17. The lowest BCUT2D eigenvalue weighted by molar-refractivity contribution is -0.141. The van der Waals surface area contributed by atoms with Crippen LogP contribution in [-0.2, 0) is 4.79 Å². The molecule has 2 rings (SSSR count). The zero-order valence-electron chi connectivity index (χ0n) is 10.1. The number of benzene rings is 1. The molecule has 1 aliphatic rings. The fraction of sp³-hybridized carbons (Fsp3) is 0.385. The molecule has 0 aliphatic carbocycles. The number of amides is 1. The number of rotatable bonds is 2. The van der Waals surface area contributed by atoms with Crippen LogP contribution in [-0.4, -0.2) is 39.6 Å². The van der Waals surface area contributed by atoms with E-state index in [-0.39, 0.29) is 11.7 Å². The number of hydrogen-bond donors (Lipinski definition) is 2. The van der Waals surface area contributed by atoms with Gasteiger partial charge in [0.05, 0.1) is 0 Å². The molecule has 1 heterocycles. The summed E-state index contributed by atoms with van der Waals surface area (Å²) in [5, 5.41) is 18.6. The monoisotopic (exact) mass is 249 g/mol. The van der Waals surface area contributed by atoms with E-state index in [9.17, 15) is 14.7 Å². The van der Waals surface area contributed by atoms with Gasteiger partial charge in [0.15, 0.2) is 0 Å². The lowest BCUT2D eigenvalue weighted by Crippen LogP contribution is -2.40. The summed E-state index contributed by atoms with van der Waals surface area (Å²) < 4.78 is 0. The number of aryl methyl sites for hydroxylation is 1. The average molecular weight is 249 g/mol. The van der Waals surface area contributed by atoms with Gasteiger partial charge in [0.2, 0.25) is 0 Å². The number of phenols is 1. The number of carbonyl (C=O) groups is 2. The van der Waals surface area contributed by atoms with Crippen molar-refractivity contribution in [3.05, 3.63) is 29.3 Å². The van der Waals surface area contributed by atoms with Crippen LogP contribution in [0.3, 0.4) is 0 Å². The summed E-state index contributed by atoms with van der Waals surface area (Å²) in [5.41, 5.74) is 1.01. The molecular weight excluding hydrogens is 234 g/mol. The Labute approximate surface area is 105 Å². The summed E-state index contributed by atoms with van der Waals surface area (Å²) in [4.78, 5) is 24.6. The van der Waals surface area contributed by atoms with Gasteiger partial charge in [0.1, 0.15) is 11.8 Å². The van der Waals surface area contributed by atoms with Gasteiger partial charge in [-0.05, 0) is 37.5 Å². The van der Waals surface area contributed by atoms with Crippen molar-refractivity contribution in [2.75, 3.05) is 6.54 Å². The van der Waals surface area contributed by atoms with Crippen molar-refractivity contribution >= 4 is 11.9 Å². The molecule has 0 bridgehead atoms. The lowest BCUT2D eigenvalue weighted by atomic mass is 10.1. The third-order valence-corrected chi connectivity index (χ3v) is 3.25. The van der Waals surface area contributed by atoms with Crippen LogP contribution >= 0.6 is 0 Å². The minimum atomic E-state index is -0.975. The minimum Gasteiger partial charge on any atom is -0.508 e. The third-order valence-electron chi connectivity index (χ3n) is 3.25. The maximum absolute atomic E-state index is 12.2. The van der Waals surface area contributed by atoms with Crippen LogP contribution in [0, 0.1) is 6.92 Å². The first-order chi connectivity index (χ1) is 8.50. The Balaban J connectivity index is 2.25. The number of carboxylic acid groups (broad SMARTS) is 1. The zero-order chi connectivity index (χ0) is 13.3. The first-order valence-electron chi connectivity index (χ1n) is 5.84. The topological polar surface area (TPSA) is 77.8 Å². The molecule has 0 unspecified atom stereocenters. The quantitative estimate of drug-likeness (QED) is 0.830. The van der Waals surface area contributed by atoms with Crippen LogP contribution in [0.25, 0.3) is 0 Å². The van der Waals surface area contributed by atoms with Crippen LogP contribution in [0.4, 0.5) is 0 Å². The van der Waals surface area contributed by atoms with Gasteiger partial charge in [-0.15, -0.1) is 0 Å². The van der Waals surface area contributed by atoms with Crippen LogP contribution in [0.15, 0.2) is 18.2 Å². The second-order valence-corrected chi connectivity index (χ2v) is 4.50. The fourth-order valence-electron chi connectivity index (χ4n) is 2.17. The molecule has 0 radical (unpaired) electrons. The number of carboxylic acids is 1. The predicted octanol–water partition coefficient (Wildman–Crippen LogP) is 1.39. The number of hydrogen-bond acceptors (Lipinski definition) is 3. The van der Waals surface area contributed by atoms with Crippen LogP contribution in [0.5, 0.6) is 5.75 Å². The van der Waals surface area contributed by atoms with E-state index in [1.54, 1.807) is 19.1 Å². The molecule has 1 atom stereocenters. The molecule has 2 N–H and O–H groups in total. The van der Waals surface area contributed by atoms with Crippen molar-refractivity contribution in [3.63, 3.8) is 0 Å². The Morgan fingerprint density at radius 1 is 1.39 bits per heavy atom. The van der Waals surface area contributed by atoms with Crippen molar-refractivity contribution in [1.29, 1.82) is 0 Å². The van der Waals surface area contributed by atoms with Crippen LogP contribution in [0.1, 0.15) is 28.8 Å². The molecule has 1 aromatic carbocycles. The van der Waals surface area contributed by atoms with Gasteiger partial charge in [0, 0.05) is 12.1 Å². The van der Waals surface area contributed by atoms with Crippen LogP contribution in [0.2, 0.25) is 0 Å². The number of nitrogens with zero attached hydrogens (tertiary/aromatic N) is 1. The molecule has 96 valence electrons. The summed E-state index contributed by atoms with van der Waals surface area (Å²) >= 11 is 0. The molecule has 18 heavy (non-hydrogen) atoms. The molecular formula is C13H15NO4. The normalized spacial score (nSPS) is 18.9. The molecule has 5 heteroatoms. The van der Waals surface area contributed by atoms with Gasteiger partial charge in [-0.25, -0.2) is 4.79 Å². The van der Waals surface area contributed by atoms with Gasteiger partial charge >= 0.3 is 5.97 Å². The Kier molecular flexibility index (Phi) is 3.23. The SMILES string of the molecule is Cc1ccc(C(=O)N2CCC[C@@H]2C(=O)O)cc1O. The van der Waals surface area contributed by atoms with E-state index in [1.807, 2.05) is 0 Å². The van der Waals surface area contributed by atoms with Crippen molar-refractivity contribution < 1.29 is 19.8 Å². The van der Waals surface area contributed by atoms with Crippen molar-refractivity contribution in [3.8, 4) is 5.75 Å². The summed E-state index contributed by atoms with van der Waals surface area (Å²) in [7, 11) is 0. The molecule has 1 amide bonds. The average Bonchev–Trinajstić information content (AvgIpc) is 2.81. The Hall–Kier alpha value is -2.04. The Bertz CT molecular complexity index is 498. The highest BCUT2D eigenvalue weighted by Gasteiger charge is 2.34. The zero-order valence-corrected chi connectivity index (χ0v) is 10.1. The number of carbonyl (C=O) groups excluding carboxylic acids is 1. The van der Waals surface area contributed by atoms with E-state index >= 15 is 0 Å². The van der Waals surface area contributed by atoms with Crippen LogP contribution < -0.4 is 0 Å². The predicted molar refractivity (Wildman–Crippen MR) is 64.5 cm³/mol. The Morgan fingerprint density at radius 3 is 2.72 bits per heavy atom. The third kappa shape index (κ3) is 2.16. The molecule has 0 aromatic heterocycles. The van der Waals surface area contributed by atoms with Crippen molar-refractivity contribution in [2.24, 2.45) is 0 Å². The van der Waals surface area contributed by atoms with Crippen molar-refractivity contribution in [1.82, 2.24) is 4.90 Å². The first-order valence-corrected chi connectivity index (χ1v) is 5.84. The van der Waals surface area contributed by atoms with Gasteiger partial charge in [-0.3, -0.25) is 4.79 Å². The highest BCUT2D eigenvalue weighted by molar-refractivity contribution is 5.97. The van der Waals surface area contributed by atoms with E-state index < -0.39 is 12.0 Å². The molecule has 1 aromatic rings. The minimum absolute atomic E-state index is 0.0481. The molecule has 1 saturated heterocycles. The number of aliphatic carboxylic acids is 1. The first kappa shape index (κ1) is 12.4. The molecule has 0 saturated carbocycles. The van der Waals surface area contributed by atoms with E-state index in [1.165, 1.54) is 11.0 Å². The van der Waals surface area contributed by atoms with Gasteiger partial charge in [-0.2, -0.15) is 0 Å². The summed E-state index contributed by atoms with van der Waals surface area (Å²) in [6.07, 6.45) is 1.18. The maximum atomic E-state index is 12.2. The van der Waals surface area contributed by atoms with E-state index in [4.69, 9.17) is 5.11 Å². The highest BCUT2D eigenvalue weighted by atomic mass is 16.4. The van der Waals surface area contributed by atoms with Crippen molar-refractivity contribution in [2.45, 2.75) is 25.8 Å². The van der Waals surface area contributed by atoms with Gasteiger partial charge in [0.25, 0.3) is 5.91 Å². The molecule has 5 nitrogen and oxygen atoms in total. The summed E-state index contributed by atoms with van der Waals surface area (Å²) in [6.45, 7) is 2.18. The second-order valence-electron chi connectivity index (χ2n) is 4.50. The summed E-state index contributed by atoms with van der Waals surface area (Å²) in [6, 6.07) is 3.89. The number of likely N-dealkylation sites (tertiary alicyclic amines) is 1. The lowest BCUT2D eigenvalue weighted by Gasteiger charge is -2.21. The second kappa shape index (κ2) is 4.68. The maximum Gasteiger partial charge on any atom is 0.326 e.